The molecule has 1 aliphatic heterocycles. The Hall–Kier alpha value is -2.89. The predicted molar refractivity (Wildman–Crippen MR) is 105 cm³/mol. The van der Waals surface area contributed by atoms with Crippen LogP contribution < -0.4 is 15.1 Å². The molecule has 1 amide bonds. The van der Waals surface area contributed by atoms with Gasteiger partial charge in [0.15, 0.2) is 0 Å². The van der Waals surface area contributed by atoms with Gasteiger partial charge in [-0.2, -0.15) is 5.10 Å². The van der Waals surface area contributed by atoms with E-state index < -0.39 is 0 Å². The lowest BCUT2D eigenvalue weighted by Gasteiger charge is -2.19. The maximum Gasteiger partial charge on any atom is 0.275 e. The van der Waals surface area contributed by atoms with E-state index in [1.165, 1.54) is 19.4 Å². The summed E-state index contributed by atoms with van der Waals surface area (Å²) in [6, 6.07) is 8.61. The van der Waals surface area contributed by atoms with Crippen LogP contribution >= 0.6 is 0 Å². The van der Waals surface area contributed by atoms with E-state index >= 15 is 0 Å². The van der Waals surface area contributed by atoms with Gasteiger partial charge >= 0.3 is 0 Å². The number of hydrogen-bond acceptors (Lipinski definition) is 4. The topological polar surface area (TPSA) is 53.9 Å². The van der Waals surface area contributed by atoms with E-state index in [2.05, 4.69) is 15.4 Å². The van der Waals surface area contributed by atoms with Crippen LogP contribution in [-0.2, 0) is 0 Å². The normalized spacial score (nSPS) is 14.0. The number of nitrogens with zero attached hydrogens (tertiary/aromatic N) is 2. The van der Waals surface area contributed by atoms with Gasteiger partial charge in [-0.15, -0.1) is 0 Å². The Bertz CT molecular complexity index is 874. The Morgan fingerprint density at radius 1 is 1.22 bits per heavy atom. The molecule has 142 valence electrons. The first-order chi connectivity index (χ1) is 13.0. The van der Waals surface area contributed by atoms with Crippen molar-refractivity contribution in [2.45, 2.75) is 26.7 Å². The molecule has 0 aromatic heterocycles. The summed E-state index contributed by atoms with van der Waals surface area (Å²) in [5.74, 6) is -0.162. The van der Waals surface area contributed by atoms with Crippen LogP contribution in [0.5, 0.6) is 5.75 Å². The van der Waals surface area contributed by atoms with Gasteiger partial charge in [-0.3, -0.25) is 4.79 Å². The summed E-state index contributed by atoms with van der Waals surface area (Å²) in [6.07, 6.45) is 3.65. The van der Waals surface area contributed by atoms with Crippen molar-refractivity contribution in [1.29, 1.82) is 0 Å². The van der Waals surface area contributed by atoms with Crippen molar-refractivity contribution in [2.75, 3.05) is 25.1 Å². The molecule has 1 N–H and O–H groups in total. The van der Waals surface area contributed by atoms with E-state index in [0.29, 0.717) is 22.6 Å². The molecule has 27 heavy (non-hydrogen) atoms. The Labute approximate surface area is 158 Å². The second kappa shape index (κ2) is 8.20. The molecule has 6 heteroatoms. The van der Waals surface area contributed by atoms with Gasteiger partial charge < -0.3 is 9.64 Å². The van der Waals surface area contributed by atoms with Gasteiger partial charge in [-0.25, -0.2) is 9.82 Å². The zero-order chi connectivity index (χ0) is 19.4. The Kier molecular flexibility index (Phi) is 5.74. The number of aryl methyl sites for hydroxylation is 2. The molecular weight excluding hydrogens is 345 g/mol. The Morgan fingerprint density at radius 3 is 2.67 bits per heavy atom. The summed E-state index contributed by atoms with van der Waals surface area (Å²) < 4.78 is 19.7. The van der Waals surface area contributed by atoms with Crippen LogP contribution in [0.2, 0.25) is 0 Å². The third-order valence-electron chi connectivity index (χ3n) is 4.75. The number of methoxy groups -OCH3 is 1. The van der Waals surface area contributed by atoms with Crippen molar-refractivity contribution in [3.05, 3.63) is 58.4 Å². The average molecular weight is 369 g/mol. The first-order valence-electron chi connectivity index (χ1n) is 9.02. The number of anilines is 1. The molecular formula is C21H24FN3O2. The second-order valence-electron chi connectivity index (χ2n) is 6.76. The van der Waals surface area contributed by atoms with E-state index in [-0.39, 0.29) is 11.7 Å². The molecule has 0 spiro atoms. The van der Waals surface area contributed by atoms with Gasteiger partial charge in [0.1, 0.15) is 11.6 Å². The smallest absolute Gasteiger partial charge is 0.275 e. The molecule has 1 heterocycles. The fourth-order valence-electron chi connectivity index (χ4n) is 3.23. The lowest BCUT2D eigenvalue weighted by atomic mass is 10.1. The van der Waals surface area contributed by atoms with Crippen LogP contribution in [-0.4, -0.2) is 32.3 Å². The molecule has 1 fully saturated rings. The highest BCUT2D eigenvalue weighted by Crippen LogP contribution is 2.26. The monoisotopic (exact) mass is 369 g/mol. The number of amides is 1. The molecule has 2 aromatic carbocycles. The van der Waals surface area contributed by atoms with Crippen LogP contribution in [0.25, 0.3) is 0 Å². The number of ether oxygens (including phenoxy) is 1. The Balaban J connectivity index is 1.73. The highest BCUT2D eigenvalue weighted by Gasteiger charge is 2.17. The first kappa shape index (κ1) is 18.9. The number of hydrazone groups is 1. The summed E-state index contributed by atoms with van der Waals surface area (Å²) in [5, 5.41) is 3.98. The minimum absolute atomic E-state index is 0.268. The van der Waals surface area contributed by atoms with E-state index in [1.807, 2.05) is 26.0 Å². The number of rotatable bonds is 5. The minimum Gasteiger partial charge on any atom is -0.496 e. The third-order valence-corrected chi connectivity index (χ3v) is 4.75. The van der Waals surface area contributed by atoms with Gasteiger partial charge in [0, 0.05) is 18.7 Å². The van der Waals surface area contributed by atoms with E-state index in [4.69, 9.17) is 4.74 Å². The highest BCUT2D eigenvalue weighted by molar-refractivity contribution is 5.97. The summed E-state index contributed by atoms with van der Waals surface area (Å²) in [4.78, 5) is 14.4. The van der Waals surface area contributed by atoms with Crippen molar-refractivity contribution < 1.29 is 13.9 Å². The number of benzene rings is 2. The number of halogens is 1. The van der Waals surface area contributed by atoms with Crippen molar-refractivity contribution >= 4 is 17.8 Å². The summed E-state index contributed by atoms with van der Waals surface area (Å²) >= 11 is 0. The van der Waals surface area contributed by atoms with Gasteiger partial charge in [-0.05, 0) is 62.1 Å². The number of nitrogens with one attached hydrogen (secondary N) is 1. The van der Waals surface area contributed by atoms with E-state index in [1.54, 1.807) is 12.1 Å². The highest BCUT2D eigenvalue weighted by atomic mass is 19.1. The largest absolute Gasteiger partial charge is 0.496 e. The maximum absolute atomic E-state index is 14.5. The van der Waals surface area contributed by atoms with Crippen LogP contribution in [0.15, 0.2) is 35.4 Å². The number of hydrogen-bond donors (Lipinski definition) is 1. The average Bonchev–Trinajstić information content (AvgIpc) is 3.18. The first-order valence-corrected chi connectivity index (χ1v) is 9.02. The van der Waals surface area contributed by atoms with Crippen LogP contribution in [0.1, 0.15) is 39.9 Å². The second-order valence-corrected chi connectivity index (χ2v) is 6.76. The molecule has 1 saturated heterocycles. The maximum atomic E-state index is 14.5. The molecule has 0 atom stereocenters. The minimum atomic E-state index is -0.380. The van der Waals surface area contributed by atoms with Crippen LogP contribution in [0.3, 0.4) is 0 Å². The molecule has 2 aromatic rings. The predicted octanol–water partition coefficient (Wildman–Crippen LogP) is 3.82. The van der Waals surface area contributed by atoms with Gasteiger partial charge in [0.05, 0.1) is 24.6 Å². The summed E-state index contributed by atoms with van der Waals surface area (Å²) in [6.45, 7) is 5.60. The Morgan fingerprint density at radius 2 is 1.96 bits per heavy atom. The van der Waals surface area contributed by atoms with Crippen LogP contribution in [0, 0.1) is 19.7 Å². The molecule has 0 aliphatic carbocycles. The molecule has 0 radical (unpaired) electrons. The standard InChI is InChI=1S/C21H24FN3O2/c1-14-6-7-17(20(10-14)27-3)21(26)24-23-13-16-12-18(22)19(11-15(16)2)25-8-4-5-9-25/h6-7,10-13H,4-5,8-9H2,1-3H3,(H,24,26). The van der Waals surface area contributed by atoms with Crippen LogP contribution in [0.4, 0.5) is 10.1 Å². The van der Waals surface area contributed by atoms with Crippen molar-refractivity contribution in [3.63, 3.8) is 0 Å². The number of carbonyl (C=O) groups excluding carboxylic acids is 1. The van der Waals surface area contributed by atoms with Gasteiger partial charge in [-0.1, -0.05) is 6.07 Å². The third kappa shape index (κ3) is 4.27. The summed E-state index contributed by atoms with van der Waals surface area (Å²) in [7, 11) is 1.52. The molecule has 3 rings (SSSR count). The van der Waals surface area contributed by atoms with Crippen molar-refractivity contribution in [1.82, 2.24) is 5.43 Å². The zero-order valence-corrected chi connectivity index (χ0v) is 15.9. The lowest BCUT2D eigenvalue weighted by Crippen LogP contribution is -2.20. The molecule has 5 nitrogen and oxygen atoms in total. The fraction of sp³-hybridized carbons (Fsp3) is 0.333. The van der Waals surface area contributed by atoms with E-state index in [0.717, 1.165) is 37.1 Å². The molecule has 0 bridgehead atoms. The van der Waals surface area contributed by atoms with Gasteiger partial charge in [0.2, 0.25) is 0 Å². The van der Waals surface area contributed by atoms with Crippen molar-refractivity contribution in [3.8, 4) is 5.75 Å². The summed E-state index contributed by atoms with van der Waals surface area (Å²) in [5.41, 5.74) is 6.04. The number of carbonyl (C=O) groups is 1. The van der Waals surface area contributed by atoms with Gasteiger partial charge in [0.25, 0.3) is 5.91 Å². The molecule has 0 unspecified atom stereocenters. The molecule has 1 aliphatic rings. The fourth-order valence-corrected chi connectivity index (χ4v) is 3.23. The lowest BCUT2D eigenvalue weighted by molar-refractivity contribution is 0.0952. The quantitative estimate of drug-likeness (QED) is 0.644. The zero-order valence-electron chi connectivity index (χ0n) is 15.9. The van der Waals surface area contributed by atoms with E-state index in [9.17, 15) is 9.18 Å². The molecule has 0 saturated carbocycles. The van der Waals surface area contributed by atoms with Crippen molar-refractivity contribution in [2.24, 2.45) is 5.10 Å². The SMILES string of the molecule is COc1cc(C)ccc1C(=O)NN=Cc1cc(F)c(N2CCCC2)cc1C.